The van der Waals surface area contributed by atoms with E-state index in [1.807, 2.05) is 11.8 Å². The van der Waals surface area contributed by atoms with E-state index in [1.54, 1.807) is 6.92 Å². The Bertz CT molecular complexity index is 580. The van der Waals surface area contributed by atoms with Crippen molar-refractivity contribution in [3.63, 3.8) is 0 Å². The van der Waals surface area contributed by atoms with E-state index in [9.17, 15) is 28.2 Å². The number of aliphatic hydroxyl groups is 1. The van der Waals surface area contributed by atoms with Crippen molar-refractivity contribution in [2.75, 3.05) is 19.7 Å². The highest BCUT2D eigenvalue weighted by Crippen LogP contribution is 2.31. The Kier molecular flexibility index (Phi) is 5.34. The number of alkyl halides is 3. The summed E-state index contributed by atoms with van der Waals surface area (Å²) < 4.78 is 37.9. The second-order valence-electron chi connectivity index (χ2n) is 6.00. The van der Waals surface area contributed by atoms with Gasteiger partial charge in [-0.1, -0.05) is 0 Å². The zero-order valence-corrected chi connectivity index (χ0v) is 13.4. The molecule has 2 heterocycles. The molecule has 24 heavy (non-hydrogen) atoms. The molecule has 0 aliphatic carbocycles. The van der Waals surface area contributed by atoms with Crippen LogP contribution in [0.15, 0.2) is 18.3 Å². The van der Waals surface area contributed by atoms with Gasteiger partial charge in [-0.3, -0.25) is 9.88 Å². The highest BCUT2D eigenvalue weighted by molar-refractivity contribution is 5.65. The first-order chi connectivity index (χ1) is 11.1. The number of hydrogen-bond donors (Lipinski definition) is 2. The molecule has 0 spiro atoms. The number of hydrogen-bond acceptors (Lipinski definition) is 4. The number of pyridine rings is 1. The van der Waals surface area contributed by atoms with E-state index < -0.39 is 23.9 Å². The molecule has 3 atom stereocenters. The number of carbonyl (C=O) groups is 1. The van der Waals surface area contributed by atoms with Crippen LogP contribution < -0.4 is 0 Å². The van der Waals surface area contributed by atoms with Crippen LogP contribution in [-0.2, 0) is 6.18 Å². The van der Waals surface area contributed by atoms with Crippen molar-refractivity contribution in [3.8, 4) is 0 Å². The molecule has 0 saturated carbocycles. The summed E-state index contributed by atoms with van der Waals surface area (Å²) in [7, 11) is 0. The van der Waals surface area contributed by atoms with Gasteiger partial charge in [-0.05, 0) is 26.0 Å². The first kappa shape index (κ1) is 18.5. The molecule has 0 radical (unpaired) electrons. The molecule has 1 amide bonds. The van der Waals surface area contributed by atoms with Crippen LogP contribution in [0.25, 0.3) is 0 Å². The first-order valence-corrected chi connectivity index (χ1v) is 7.54. The fourth-order valence-corrected chi connectivity index (χ4v) is 2.99. The van der Waals surface area contributed by atoms with Gasteiger partial charge in [0, 0.05) is 31.4 Å². The van der Waals surface area contributed by atoms with Crippen molar-refractivity contribution in [2.45, 2.75) is 38.1 Å². The van der Waals surface area contributed by atoms with Crippen LogP contribution >= 0.6 is 0 Å². The molecule has 1 unspecified atom stereocenters. The molecule has 9 heteroatoms. The zero-order valence-electron chi connectivity index (χ0n) is 13.4. The molecule has 1 saturated heterocycles. The average molecular weight is 347 g/mol. The summed E-state index contributed by atoms with van der Waals surface area (Å²) >= 11 is 0. The van der Waals surface area contributed by atoms with Crippen LogP contribution in [-0.4, -0.2) is 62.9 Å². The second kappa shape index (κ2) is 6.94. The lowest BCUT2D eigenvalue weighted by molar-refractivity contribution is -0.137. The number of piperazine rings is 1. The van der Waals surface area contributed by atoms with Gasteiger partial charge < -0.3 is 15.1 Å². The summed E-state index contributed by atoms with van der Waals surface area (Å²) in [5.74, 6) is 0. The van der Waals surface area contributed by atoms with Gasteiger partial charge >= 0.3 is 12.3 Å². The lowest BCUT2D eigenvalue weighted by Crippen LogP contribution is -2.58. The van der Waals surface area contributed by atoms with Crippen LogP contribution in [0, 0.1) is 0 Å². The Balaban J connectivity index is 2.21. The molecule has 1 aliphatic rings. The van der Waals surface area contributed by atoms with Crippen molar-refractivity contribution >= 4 is 6.09 Å². The quantitative estimate of drug-likeness (QED) is 0.877. The summed E-state index contributed by atoms with van der Waals surface area (Å²) in [5.41, 5.74) is -0.520. The topological polar surface area (TPSA) is 76.9 Å². The predicted molar refractivity (Wildman–Crippen MR) is 79.4 cm³/mol. The summed E-state index contributed by atoms with van der Waals surface area (Å²) in [4.78, 5) is 18.2. The Morgan fingerprint density at radius 2 is 2.00 bits per heavy atom. The number of aliphatic hydroxyl groups excluding tert-OH is 1. The number of carboxylic acid groups (broad SMARTS) is 1. The highest BCUT2D eigenvalue weighted by atomic mass is 19.4. The molecular formula is C15H20F3N3O3. The van der Waals surface area contributed by atoms with Crippen molar-refractivity contribution < 1.29 is 28.2 Å². The van der Waals surface area contributed by atoms with Crippen LogP contribution in [0.3, 0.4) is 0 Å². The minimum absolute atomic E-state index is 0.196. The number of amides is 1. The van der Waals surface area contributed by atoms with Crippen LogP contribution in [0.4, 0.5) is 18.0 Å². The fraction of sp³-hybridized carbons (Fsp3) is 0.600. The zero-order chi connectivity index (χ0) is 18.1. The predicted octanol–water partition coefficient (Wildman–Crippen LogP) is 2.21. The van der Waals surface area contributed by atoms with E-state index >= 15 is 0 Å². The lowest BCUT2D eigenvalue weighted by Gasteiger charge is -2.45. The third-order valence-electron chi connectivity index (χ3n) is 4.31. The molecule has 134 valence electrons. The molecule has 2 N–H and O–H groups in total. The minimum atomic E-state index is -4.46. The number of rotatable bonds is 3. The van der Waals surface area contributed by atoms with Crippen LogP contribution in [0.5, 0.6) is 0 Å². The van der Waals surface area contributed by atoms with E-state index in [-0.39, 0.29) is 25.2 Å². The first-order valence-electron chi connectivity index (χ1n) is 7.54. The third kappa shape index (κ3) is 3.78. The standard InChI is InChI=1S/C15H20F3N3O3/c1-9-7-21(14(23)24)10(2)6-20(9)13(8-22)12-4-3-11(5-19-12)15(16,17)18/h3-5,9-10,13,22H,6-8H2,1-2H3,(H,23,24)/t9-,10+,13?/m1/s1. The molecule has 1 aliphatic heterocycles. The Morgan fingerprint density at radius 1 is 1.33 bits per heavy atom. The van der Waals surface area contributed by atoms with Gasteiger partial charge in [0.05, 0.1) is 23.9 Å². The van der Waals surface area contributed by atoms with Gasteiger partial charge in [0.15, 0.2) is 0 Å². The van der Waals surface area contributed by atoms with E-state index in [2.05, 4.69) is 4.98 Å². The molecule has 0 bridgehead atoms. The van der Waals surface area contributed by atoms with Crippen molar-refractivity contribution in [2.24, 2.45) is 0 Å². The molecule has 1 aromatic heterocycles. The van der Waals surface area contributed by atoms with Crippen molar-refractivity contribution in [3.05, 3.63) is 29.6 Å². The van der Waals surface area contributed by atoms with Gasteiger partial charge in [0.2, 0.25) is 0 Å². The molecule has 6 nitrogen and oxygen atoms in total. The molecule has 1 aromatic rings. The Hall–Kier alpha value is -1.87. The van der Waals surface area contributed by atoms with Gasteiger partial charge in [0.25, 0.3) is 0 Å². The van der Waals surface area contributed by atoms with Gasteiger partial charge in [-0.2, -0.15) is 13.2 Å². The molecular weight excluding hydrogens is 327 g/mol. The highest BCUT2D eigenvalue weighted by Gasteiger charge is 2.37. The van der Waals surface area contributed by atoms with Crippen LogP contribution in [0.2, 0.25) is 0 Å². The summed E-state index contributed by atoms with van der Waals surface area (Å²) in [6, 6.07) is 1.12. The summed E-state index contributed by atoms with van der Waals surface area (Å²) in [6.45, 7) is 3.87. The maximum atomic E-state index is 12.6. The third-order valence-corrected chi connectivity index (χ3v) is 4.31. The average Bonchev–Trinajstić information content (AvgIpc) is 2.50. The van der Waals surface area contributed by atoms with Crippen molar-refractivity contribution in [1.82, 2.24) is 14.8 Å². The Labute approximate surface area is 137 Å². The summed E-state index contributed by atoms with van der Waals surface area (Å²) in [5, 5.41) is 18.9. The van der Waals surface area contributed by atoms with E-state index in [4.69, 9.17) is 0 Å². The monoisotopic (exact) mass is 347 g/mol. The normalized spacial score (nSPS) is 24.0. The maximum absolute atomic E-state index is 12.6. The van der Waals surface area contributed by atoms with Gasteiger partial charge in [-0.15, -0.1) is 0 Å². The van der Waals surface area contributed by atoms with Crippen LogP contribution in [0.1, 0.15) is 31.1 Å². The fourth-order valence-electron chi connectivity index (χ4n) is 2.99. The number of halogens is 3. The second-order valence-corrected chi connectivity index (χ2v) is 6.00. The van der Waals surface area contributed by atoms with E-state index in [1.165, 1.54) is 11.0 Å². The van der Waals surface area contributed by atoms with Crippen molar-refractivity contribution in [1.29, 1.82) is 0 Å². The van der Waals surface area contributed by atoms with E-state index in [0.29, 0.717) is 12.2 Å². The number of aromatic nitrogens is 1. The maximum Gasteiger partial charge on any atom is 0.417 e. The molecule has 2 rings (SSSR count). The molecule has 1 fully saturated rings. The lowest BCUT2D eigenvalue weighted by atomic mass is 10.0. The Morgan fingerprint density at radius 3 is 2.46 bits per heavy atom. The summed E-state index contributed by atoms with van der Waals surface area (Å²) in [6.07, 6.45) is -4.73. The number of nitrogens with zero attached hydrogens (tertiary/aromatic N) is 3. The van der Waals surface area contributed by atoms with Gasteiger partial charge in [-0.25, -0.2) is 4.79 Å². The largest absolute Gasteiger partial charge is 0.465 e. The smallest absolute Gasteiger partial charge is 0.417 e. The molecule has 0 aromatic carbocycles. The SMILES string of the molecule is C[C@@H]1CN(C(=O)O)[C@@H](C)CN1C(CO)c1ccc(C(F)(F)F)cn1. The minimum Gasteiger partial charge on any atom is -0.465 e. The van der Waals surface area contributed by atoms with E-state index in [0.717, 1.165) is 12.3 Å². The van der Waals surface area contributed by atoms with Gasteiger partial charge in [0.1, 0.15) is 0 Å².